The molecule has 1 aromatic carbocycles. The highest BCUT2D eigenvalue weighted by Gasteiger charge is 2.07. The lowest BCUT2D eigenvalue weighted by molar-refractivity contribution is 0.199. The Labute approximate surface area is 117 Å². The molecule has 0 amide bonds. The molecule has 6 heteroatoms. The summed E-state index contributed by atoms with van der Waals surface area (Å²) >= 11 is 0. The summed E-state index contributed by atoms with van der Waals surface area (Å²) in [6.07, 6.45) is 3.37. The standard InChI is InChI=1S/C14H18FN3O2/c1-18-10-13(9-17-18)20-14-4-3-12(15)7-11(14)8-16-5-6-19-2/h3-4,7,9-10,16H,5-6,8H2,1-2H3. The van der Waals surface area contributed by atoms with E-state index in [0.717, 1.165) is 5.56 Å². The van der Waals surface area contributed by atoms with Crippen LogP contribution in [-0.2, 0) is 18.3 Å². The summed E-state index contributed by atoms with van der Waals surface area (Å²) in [6, 6.07) is 4.46. The topological polar surface area (TPSA) is 48.3 Å². The number of hydrogen-bond donors (Lipinski definition) is 1. The first kappa shape index (κ1) is 14.5. The van der Waals surface area contributed by atoms with Gasteiger partial charge in [0, 0.05) is 32.8 Å². The van der Waals surface area contributed by atoms with Gasteiger partial charge in [-0.3, -0.25) is 4.68 Å². The molecule has 2 rings (SSSR count). The van der Waals surface area contributed by atoms with Crippen molar-refractivity contribution in [2.24, 2.45) is 7.05 Å². The molecule has 0 aliphatic rings. The van der Waals surface area contributed by atoms with Crippen LogP contribution in [-0.4, -0.2) is 30.0 Å². The van der Waals surface area contributed by atoms with E-state index in [2.05, 4.69) is 10.4 Å². The van der Waals surface area contributed by atoms with Crippen molar-refractivity contribution in [3.05, 3.63) is 42.0 Å². The van der Waals surface area contributed by atoms with E-state index in [4.69, 9.17) is 9.47 Å². The van der Waals surface area contributed by atoms with Gasteiger partial charge >= 0.3 is 0 Å². The fourth-order valence-corrected chi connectivity index (χ4v) is 1.76. The molecule has 0 saturated heterocycles. The number of methoxy groups -OCH3 is 1. The van der Waals surface area contributed by atoms with Crippen LogP contribution < -0.4 is 10.1 Å². The molecule has 1 heterocycles. The van der Waals surface area contributed by atoms with E-state index in [1.807, 2.05) is 7.05 Å². The minimum Gasteiger partial charge on any atom is -0.454 e. The minimum atomic E-state index is -0.285. The Hall–Kier alpha value is -1.92. The Balaban J connectivity index is 2.06. The second-order valence-electron chi connectivity index (χ2n) is 4.37. The molecule has 0 spiro atoms. The fourth-order valence-electron chi connectivity index (χ4n) is 1.76. The lowest BCUT2D eigenvalue weighted by Crippen LogP contribution is -2.18. The lowest BCUT2D eigenvalue weighted by atomic mass is 10.2. The first-order valence-corrected chi connectivity index (χ1v) is 6.33. The first-order chi connectivity index (χ1) is 9.69. The zero-order chi connectivity index (χ0) is 14.4. The molecule has 1 N–H and O–H groups in total. The Bertz CT molecular complexity index is 557. The van der Waals surface area contributed by atoms with Crippen LogP contribution in [0.25, 0.3) is 0 Å². The second-order valence-corrected chi connectivity index (χ2v) is 4.37. The van der Waals surface area contributed by atoms with Gasteiger partial charge in [-0.2, -0.15) is 5.10 Å². The summed E-state index contributed by atoms with van der Waals surface area (Å²) in [7, 11) is 3.45. The van der Waals surface area contributed by atoms with Crippen LogP contribution >= 0.6 is 0 Å². The summed E-state index contributed by atoms with van der Waals surface area (Å²) in [5.41, 5.74) is 0.755. The Morgan fingerprint density at radius 3 is 2.95 bits per heavy atom. The number of benzene rings is 1. The normalized spacial score (nSPS) is 10.8. The van der Waals surface area contributed by atoms with Crippen molar-refractivity contribution in [1.29, 1.82) is 0 Å². The third-order valence-electron chi connectivity index (χ3n) is 2.73. The predicted octanol–water partition coefficient (Wildman–Crippen LogP) is 2.09. The molecule has 0 atom stereocenters. The molecule has 2 aromatic rings. The van der Waals surface area contributed by atoms with Gasteiger partial charge < -0.3 is 14.8 Å². The van der Waals surface area contributed by atoms with Crippen LogP contribution in [0.2, 0.25) is 0 Å². The van der Waals surface area contributed by atoms with E-state index in [1.165, 1.54) is 12.1 Å². The average molecular weight is 279 g/mol. The van der Waals surface area contributed by atoms with Crippen molar-refractivity contribution in [3.8, 4) is 11.5 Å². The molecule has 108 valence electrons. The number of hydrogen-bond acceptors (Lipinski definition) is 4. The Kier molecular flexibility index (Phi) is 5.09. The van der Waals surface area contributed by atoms with E-state index in [9.17, 15) is 4.39 Å². The zero-order valence-corrected chi connectivity index (χ0v) is 11.6. The van der Waals surface area contributed by atoms with Crippen LogP contribution in [0.4, 0.5) is 4.39 Å². The molecule has 0 aliphatic heterocycles. The van der Waals surface area contributed by atoms with E-state index in [0.29, 0.717) is 31.2 Å². The number of aryl methyl sites for hydroxylation is 1. The molecule has 0 radical (unpaired) electrons. The maximum absolute atomic E-state index is 13.3. The number of nitrogens with one attached hydrogen (secondary N) is 1. The number of halogens is 1. The molecule has 1 aromatic heterocycles. The molecule has 0 saturated carbocycles. The molecular formula is C14H18FN3O2. The third kappa shape index (κ3) is 4.04. The smallest absolute Gasteiger partial charge is 0.165 e. The monoisotopic (exact) mass is 279 g/mol. The highest BCUT2D eigenvalue weighted by Crippen LogP contribution is 2.25. The van der Waals surface area contributed by atoms with E-state index >= 15 is 0 Å². The van der Waals surface area contributed by atoms with Crippen LogP contribution in [0.15, 0.2) is 30.6 Å². The van der Waals surface area contributed by atoms with Gasteiger partial charge in [-0.25, -0.2) is 4.39 Å². The van der Waals surface area contributed by atoms with Gasteiger partial charge in [0.25, 0.3) is 0 Å². The molecule has 0 aliphatic carbocycles. The molecule has 5 nitrogen and oxygen atoms in total. The molecule has 0 bridgehead atoms. The number of nitrogens with zero attached hydrogens (tertiary/aromatic N) is 2. The van der Waals surface area contributed by atoms with Crippen LogP contribution in [0, 0.1) is 5.82 Å². The van der Waals surface area contributed by atoms with Gasteiger partial charge in [-0.15, -0.1) is 0 Å². The van der Waals surface area contributed by atoms with E-state index < -0.39 is 0 Å². The van der Waals surface area contributed by atoms with Crippen molar-refractivity contribution in [2.75, 3.05) is 20.3 Å². The summed E-state index contributed by atoms with van der Waals surface area (Å²) in [6.45, 7) is 1.81. The van der Waals surface area contributed by atoms with Gasteiger partial charge in [-0.1, -0.05) is 0 Å². The van der Waals surface area contributed by atoms with Gasteiger partial charge in [0.1, 0.15) is 11.6 Å². The highest BCUT2D eigenvalue weighted by molar-refractivity contribution is 5.37. The van der Waals surface area contributed by atoms with Crippen LogP contribution in [0.5, 0.6) is 11.5 Å². The summed E-state index contributed by atoms with van der Waals surface area (Å²) in [4.78, 5) is 0. The molecule has 20 heavy (non-hydrogen) atoms. The van der Waals surface area contributed by atoms with Crippen molar-refractivity contribution in [3.63, 3.8) is 0 Å². The summed E-state index contributed by atoms with van der Waals surface area (Å²) in [5.74, 6) is 0.952. The largest absolute Gasteiger partial charge is 0.454 e. The van der Waals surface area contributed by atoms with Gasteiger partial charge in [0.2, 0.25) is 0 Å². The number of aromatic nitrogens is 2. The number of rotatable bonds is 7. The Morgan fingerprint density at radius 1 is 1.40 bits per heavy atom. The van der Waals surface area contributed by atoms with Crippen LogP contribution in [0.3, 0.4) is 0 Å². The fraction of sp³-hybridized carbons (Fsp3) is 0.357. The zero-order valence-electron chi connectivity index (χ0n) is 11.6. The van der Waals surface area contributed by atoms with Crippen molar-refractivity contribution >= 4 is 0 Å². The summed E-state index contributed by atoms with van der Waals surface area (Å²) in [5, 5.41) is 7.20. The quantitative estimate of drug-likeness (QED) is 0.788. The average Bonchev–Trinajstić information content (AvgIpc) is 2.83. The van der Waals surface area contributed by atoms with Crippen molar-refractivity contribution in [1.82, 2.24) is 15.1 Å². The molecule has 0 unspecified atom stereocenters. The van der Waals surface area contributed by atoms with E-state index in [-0.39, 0.29) is 5.82 Å². The first-order valence-electron chi connectivity index (χ1n) is 6.33. The van der Waals surface area contributed by atoms with E-state index in [1.54, 1.807) is 30.3 Å². The van der Waals surface area contributed by atoms with Crippen molar-refractivity contribution < 1.29 is 13.9 Å². The maximum atomic E-state index is 13.3. The number of ether oxygens (including phenoxy) is 2. The second kappa shape index (κ2) is 7.02. The predicted molar refractivity (Wildman–Crippen MR) is 73.3 cm³/mol. The van der Waals surface area contributed by atoms with Crippen molar-refractivity contribution in [2.45, 2.75) is 6.54 Å². The maximum Gasteiger partial charge on any atom is 0.165 e. The SMILES string of the molecule is COCCNCc1cc(F)ccc1Oc1cnn(C)c1. The lowest BCUT2D eigenvalue weighted by Gasteiger charge is -2.11. The van der Waals surface area contributed by atoms with Gasteiger partial charge in [0.15, 0.2) is 5.75 Å². The molecular weight excluding hydrogens is 261 g/mol. The molecule has 0 fully saturated rings. The Morgan fingerprint density at radius 2 is 2.25 bits per heavy atom. The van der Waals surface area contributed by atoms with Gasteiger partial charge in [-0.05, 0) is 18.2 Å². The minimum absolute atomic E-state index is 0.285. The van der Waals surface area contributed by atoms with Gasteiger partial charge in [0.05, 0.1) is 19.0 Å². The van der Waals surface area contributed by atoms with Crippen LogP contribution in [0.1, 0.15) is 5.56 Å². The highest BCUT2D eigenvalue weighted by atomic mass is 19.1. The summed E-state index contributed by atoms with van der Waals surface area (Å²) < 4.78 is 25.7. The third-order valence-corrected chi connectivity index (χ3v) is 2.73.